The van der Waals surface area contributed by atoms with Crippen LogP contribution >= 0.6 is 0 Å². The van der Waals surface area contributed by atoms with E-state index in [4.69, 9.17) is 4.74 Å². The Bertz CT molecular complexity index is 1240. The molecule has 0 radical (unpaired) electrons. The minimum absolute atomic E-state index is 0.0127. The molecule has 3 aromatic heterocycles. The number of carbonyl (C=O) groups is 1. The molecular weight excluding hydrogens is 480 g/mol. The molecule has 36 heavy (non-hydrogen) atoms. The normalized spacial score (nSPS) is 20.3. The third-order valence-corrected chi connectivity index (χ3v) is 5.83. The molecule has 4 rings (SSSR count). The van der Waals surface area contributed by atoms with E-state index in [1.807, 2.05) is 6.92 Å². The number of aromatic nitrogens is 4. The summed E-state index contributed by atoms with van der Waals surface area (Å²) < 4.78 is 58.8. The fourth-order valence-electron chi connectivity index (χ4n) is 4.10. The highest BCUT2D eigenvalue weighted by molar-refractivity contribution is 5.99. The summed E-state index contributed by atoms with van der Waals surface area (Å²) in [6.45, 7) is 5.58. The number of halogens is 4. The van der Waals surface area contributed by atoms with Crippen LogP contribution < -0.4 is 5.32 Å². The Morgan fingerprint density at radius 2 is 1.97 bits per heavy atom. The van der Waals surface area contributed by atoms with E-state index in [0.29, 0.717) is 29.2 Å². The van der Waals surface area contributed by atoms with Crippen molar-refractivity contribution in [2.75, 3.05) is 18.4 Å². The predicted octanol–water partition coefficient (Wildman–Crippen LogP) is 4.13. The number of rotatable bonds is 5. The van der Waals surface area contributed by atoms with E-state index in [0.717, 1.165) is 0 Å². The van der Waals surface area contributed by atoms with Gasteiger partial charge in [0.1, 0.15) is 5.69 Å². The van der Waals surface area contributed by atoms with Crippen LogP contribution in [0.3, 0.4) is 0 Å². The molecule has 12 heteroatoms. The Hall–Kier alpha value is -3.67. The van der Waals surface area contributed by atoms with Crippen LogP contribution in [0.15, 0.2) is 43.0 Å². The molecule has 1 fully saturated rings. The van der Waals surface area contributed by atoms with Gasteiger partial charge in [-0.25, -0.2) is 14.4 Å². The minimum atomic E-state index is -4.71. The zero-order valence-corrected chi connectivity index (χ0v) is 19.8. The molecule has 4 heterocycles. The molecule has 1 N–H and O–H groups in total. The van der Waals surface area contributed by atoms with Gasteiger partial charge in [0.15, 0.2) is 11.6 Å². The SMILES string of the molecule is Cc1ccc(-c2cnccn2)c(C(=O)N2C[C@@H](C)O[C@@H](C)[C@H]2CNc2ncc(C(F)(F)F)cc2F)n1. The lowest BCUT2D eigenvalue weighted by Gasteiger charge is -2.43. The van der Waals surface area contributed by atoms with Crippen LogP contribution in [0.25, 0.3) is 11.3 Å². The van der Waals surface area contributed by atoms with Crippen LogP contribution in [0.5, 0.6) is 0 Å². The smallest absolute Gasteiger partial charge is 0.372 e. The van der Waals surface area contributed by atoms with Crippen molar-refractivity contribution in [2.24, 2.45) is 0 Å². The van der Waals surface area contributed by atoms with Crippen molar-refractivity contribution in [1.82, 2.24) is 24.8 Å². The first kappa shape index (κ1) is 25.4. The standard InChI is InChI=1S/C24H24F4N6O2/c1-13-4-5-17(19-10-29-6-7-30-19)21(33-13)23(35)34-12-14(2)36-15(3)20(34)11-32-22-18(25)8-16(9-31-22)24(26,27)28/h4-10,14-15,20H,11-12H2,1-3H3,(H,31,32)/t14-,15+,20-/m1/s1. The number of amides is 1. The van der Waals surface area contributed by atoms with Crippen molar-refractivity contribution in [2.45, 2.75) is 45.2 Å². The van der Waals surface area contributed by atoms with Gasteiger partial charge in [0, 0.05) is 42.9 Å². The highest BCUT2D eigenvalue weighted by Crippen LogP contribution is 2.31. The lowest BCUT2D eigenvalue weighted by molar-refractivity contribution is -0.138. The summed E-state index contributed by atoms with van der Waals surface area (Å²) in [7, 11) is 0. The van der Waals surface area contributed by atoms with Gasteiger partial charge in [0.25, 0.3) is 5.91 Å². The van der Waals surface area contributed by atoms with Crippen LogP contribution in [-0.4, -0.2) is 62.1 Å². The fourth-order valence-corrected chi connectivity index (χ4v) is 4.10. The van der Waals surface area contributed by atoms with Crippen molar-refractivity contribution in [3.63, 3.8) is 0 Å². The van der Waals surface area contributed by atoms with Gasteiger partial charge >= 0.3 is 6.18 Å². The first-order valence-electron chi connectivity index (χ1n) is 11.2. The first-order chi connectivity index (χ1) is 17.0. The van der Waals surface area contributed by atoms with Crippen LogP contribution in [-0.2, 0) is 10.9 Å². The van der Waals surface area contributed by atoms with Crippen LogP contribution in [0.2, 0.25) is 0 Å². The fraction of sp³-hybridized carbons (Fsp3) is 0.375. The van der Waals surface area contributed by atoms with E-state index in [1.165, 1.54) is 18.6 Å². The van der Waals surface area contributed by atoms with Gasteiger partial charge < -0.3 is 15.0 Å². The number of anilines is 1. The monoisotopic (exact) mass is 504 g/mol. The third-order valence-electron chi connectivity index (χ3n) is 5.83. The lowest BCUT2D eigenvalue weighted by Crippen LogP contribution is -2.58. The molecule has 0 aromatic carbocycles. The van der Waals surface area contributed by atoms with Gasteiger partial charge in [-0.2, -0.15) is 13.2 Å². The number of hydrogen-bond donors (Lipinski definition) is 1. The molecule has 0 bridgehead atoms. The quantitative estimate of drug-likeness (QED) is 0.523. The van der Waals surface area contributed by atoms with Crippen LogP contribution in [0.1, 0.15) is 35.6 Å². The lowest BCUT2D eigenvalue weighted by atomic mass is 10.0. The van der Waals surface area contributed by atoms with E-state index in [-0.39, 0.29) is 36.6 Å². The summed E-state index contributed by atoms with van der Waals surface area (Å²) in [5.41, 5.74) is 0.611. The molecule has 0 spiro atoms. The van der Waals surface area contributed by atoms with E-state index < -0.39 is 29.7 Å². The zero-order chi connectivity index (χ0) is 26.0. The van der Waals surface area contributed by atoms with Crippen LogP contribution in [0.4, 0.5) is 23.4 Å². The maximum Gasteiger partial charge on any atom is 0.417 e. The highest BCUT2D eigenvalue weighted by atomic mass is 19.4. The average Bonchev–Trinajstić information content (AvgIpc) is 2.83. The molecule has 0 unspecified atom stereocenters. The van der Waals surface area contributed by atoms with Gasteiger partial charge in [-0.1, -0.05) is 0 Å². The number of carbonyl (C=O) groups excluding carboxylic acids is 1. The Morgan fingerprint density at radius 3 is 2.64 bits per heavy atom. The number of hydrogen-bond acceptors (Lipinski definition) is 7. The Balaban J connectivity index is 1.62. The predicted molar refractivity (Wildman–Crippen MR) is 123 cm³/mol. The summed E-state index contributed by atoms with van der Waals surface area (Å²) in [6, 6.07) is 3.31. The molecule has 3 atom stereocenters. The number of nitrogens with one attached hydrogen (secondary N) is 1. The number of morpholine rings is 1. The number of alkyl halides is 3. The number of nitrogens with zero attached hydrogens (tertiary/aromatic N) is 5. The molecule has 3 aromatic rings. The number of ether oxygens (including phenoxy) is 1. The van der Waals surface area contributed by atoms with Crippen molar-refractivity contribution < 1.29 is 27.1 Å². The van der Waals surface area contributed by atoms with Crippen molar-refractivity contribution in [3.8, 4) is 11.3 Å². The maximum atomic E-state index is 14.3. The maximum absolute atomic E-state index is 14.3. The summed E-state index contributed by atoms with van der Waals surface area (Å²) in [4.78, 5) is 31.8. The molecule has 1 aliphatic rings. The molecule has 8 nitrogen and oxygen atoms in total. The van der Waals surface area contributed by atoms with Gasteiger partial charge in [0.05, 0.1) is 35.7 Å². The Kier molecular flexibility index (Phi) is 7.16. The van der Waals surface area contributed by atoms with Gasteiger partial charge in [0.2, 0.25) is 0 Å². The van der Waals surface area contributed by atoms with E-state index in [1.54, 1.807) is 30.9 Å². The van der Waals surface area contributed by atoms with Crippen molar-refractivity contribution in [1.29, 1.82) is 0 Å². The Morgan fingerprint density at radius 1 is 1.19 bits per heavy atom. The molecule has 1 saturated heterocycles. The summed E-state index contributed by atoms with van der Waals surface area (Å²) in [6.07, 6.45) is -0.334. The second-order valence-electron chi connectivity index (χ2n) is 8.55. The largest absolute Gasteiger partial charge is 0.417 e. The first-order valence-corrected chi connectivity index (χ1v) is 11.2. The van der Waals surface area contributed by atoms with Gasteiger partial charge in [-0.3, -0.25) is 14.8 Å². The second kappa shape index (κ2) is 10.1. The Labute approximate surface area is 204 Å². The topological polar surface area (TPSA) is 93.1 Å². The molecular formula is C24H24F4N6O2. The van der Waals surface area contributed by atoms with E-state index in [9.17, 15) is 22.4 Å². The molecule has 0 saturated carbocycles. The van der Waals surface area contributed by atoms with E-state index >= 15 is 0 Å². The van der Waals surface area contributed by atoms with Crippen molar-refractivity contribution >= 4 is 11.7 Å². The molecule has 1 amide bonds. The molecule has 190 valence electrons. The van der Waals surface area contributed by atoms with Gasteiger partial charge in [-0.05, 0) is 39.0 Å². The van der Waals surface area contributed by atoms with Crippen molar-refractivity contribution in [3.05, 3.63) is 65.8 Å². The minimum Gasteiger partial charge on any atom is -0.372 e. The number of pyridine rings is 2. The van der Waals surface area contributed by atoms with E-state index in [2.05, 4.69) is 25.3 Å². The molecule has 0 aliphatic carbocycles. The van der Waals surface area contributed by atoms with Gasteiger partial charge in [-0.15, -0.1) is 0 Å². The average molecular weight is 504 g/mol. The number of aryl methyl sites for hydroxylation is 1. The second-order valence-corrected chi connectivity index (χ2v) is 8.55. The third kappa shape index (κ3) is 5.43. The highest BCUT2D eigenvalue weighted by Gasteiger charge is 2.38. The summed E-state index contributed by atoms with van der Waals surface area (Å²) >= 11 is 0. The zero-order valence-electron chi connectivity index (χ0n) is 19.8. The molecule has 1 aliphatic heterocycles. The summed E-state index contributed by atoms with van der Waals surface area (Å²) in [5.74, 6) is -1.88. The summed E-state index contributed by atoms with van der Waals surface area (Å²) in [5, 5.41) is 2.73. The van der Waals surface area contributed by atoms with Crippen LogP contribution in [0, 0.1) is 12.7 Å².